The maximum Gasteiger partial charge on any atom is 0.238 e. The Bertz CT molecular complexity index is 502. The number of anilines is 1. The fourth-order valence-electron chi connectivity index (χ4n) is 2.38. The van der Waals surface area contributed by atoms with Crippen LogP contribution in [0.15, 0.2) is 24.3 Å². The normalized spacial score (nSPS) is 19.6. The Balaban J connectivity index is 1.91. The Morgan fingerprint density at radius 1 is 1.45 bits per heavy atom. The summed E-state index contributed by atoms with van der Waals surface area (Å²) in [6.07, 6.45) is 0. The van der Waals surface area contributed by atoms with E-state index in [9.17, 15) is 9.59 Å². The SMILES string of the molecule is CC(=O)c1cccc(NC(=O)CN2CCN[C@H](C)C2)c1. The summed E-state index contributed by atoms with van der Waals surface area (Å²) < 4.78 is 0. The molecule has 0 spiro atoms. The highest BCUT2D eigenvalue weighted by molar-refractivity contribution is 5.97. The minimum Gasteiger partial charge on any atom is -0.325 e. The topological polar surface area (TPSA) is 61.4 Å². The van der Waals surface area contributed by atoms with Crippen LogP contribution in [0, 0.1) is 0 Å². The second kappa shape index (κ2) is 6.63. The van der Waals surface area contributed by atoms with Gasteiger partial charge in [0.2, 0.25) is 5.91 Å². The number of benzene rings is 1. The van der Waals surface area contributed by atoms with Gasteiger partial charge in [0.05, 0.1) is 6.54 Å². The van der Waals surface area contributed by atoms with Gasteiger partial charge in [0, 0.05) is 36.9 Å². The average molecular weight is 275 g/mol. The van der Waals surface area contributed by atoms with Crippen LogP contribution in [0.2, 0.25) is 0 Å². The van der Waals surface area contributed by atoms with Crippen molar-refractivity contribution in [3.8, 4) is 0 Å². The fourth-order valence-corrected chi connectivity index (χ4v) is 2.38. The van der Waals surface area contributed by atoms with Crippen LogP contribution in [0.25, 0.3) is 0 Å². The number of nitrogens with one attached hydrogen (secondary N) is 2. The quantitative estimate of drug-likeness (QED) is 0.808. The smallest absolute Gasteiger partial charge is 0.238 e. The van der Waals surface area contributed by atoms with Gasteiger partial charge in [-0.2, -0.15) is 0 Å². The molecule has 1 aromatic carbocycles. The van der Waals surface area contributed by atoms with Gasteiger partial charge in [-0.15, -0.1) is 0 Å². The standard InChI is InChI=1S/C15H21N3O2/c1-11-9-18(7-6-16-11)10-15(20)17-14-5-3-4-13(8-14)12(2)19/h3-5,8,11,16H,6-7,9-10H2,1-2H3,(H,17,20)/t11-/m1/s1. The lowest BCUT2D eigenvalue weighted by Gasteiger charge is -2.31. The number of hydrogen-bond donors (Lipinski definition) is 2. The fraction of sp³-hybridized carbons (Fsp3) is 0.467. The first kappa shape index (κ1) is 14.7. The molecule has 1 aliphatic rings. The van der Waals surface area contributed by atoms with Crippen molar-refractivity contribution in [1.82, 2.24) is 10.2 Å². The lowest BCUT2D eigenvalue weighted by Crippen LogP contribution is -2.51. The van der Waals surface area contributed by atoms with Crippen molar-refractivity contribution in [3.63, 3.8) is 0 Å². The number of nitrogens with zero attached hydrogens (tertiary/aromatic N) is 1. The molecule has 1 saturated heterocycles. The van der Waals surface area contributed by atoms with Crippen LogP contribution in [-0.4, -0.2) is 48.8 Å². The van der Waals surface area contributed by atoms with Gasteiger partial charge in [0.15, 0.2) is 5.78 Å². The van der Waals surface area contributed by atoms with E-state index in [2.05, 4.69) is 22.5 Å². The molecule has 5 nitrogen and oxygen atoms in total. The zero-order chi connectivity index (χ0) is 14.5. The van der Waals surface area contributed by atoms with Crippen molar-refractivity contribution in [1.29, 1.82) is 0 Å². The average Bonchev–Trinajstić information content (AvgIpc) is 2.38. The molecule has 20 heavy (non-hydrogen) atoms. The summed E-state index contributed by atoms with van der Waals surface area (Å²) in [5.74, 6) is -0.0446. The van der Waals surface area contributed by atoms with E-state index in [1.165, 1.54) is 6.92 Å². The van der Waals surface area contributed by atoms with E-state index in [-0.39, 0.29) is 11.7 Å². The van der Waals surface area contributed by atoms with E-state index < -0.39 is 0 Å². The van der Waals surface area contributed by atoms with E-state index in [4.69, 9.17) is 0 Å². The number of carbonyl (C=O) groups is 2. The highest BCUT2D eigenvalue weighted by Crippen LogP contribution is 2.11. The number of rotatable bonds is 4. The van der Waals surface area contributed by atoms with Gasteiger partial charge in [-0.05, 0) is 26.0 Å². The molecule has 1 atom stereocenters. The van der Waals surface area contributed by atoms with E-state index in [1.54, 1.807) is 24.3 Å². The number of carbonyl (C=O) groups excluding carboxylic acids is 2. The molecule has 0 unspecified atom stereocenters. The Morgan fingerprint density at radius 2 is 2.25 bits per heavy atom. The van der Waals surface area contributed by atoms with Crippen LogP contribution in [0.1, 0.15) is 24.2 Å². The third-order valence-corrected chi connectivity index (χ3v) is 3.37. The maximum absolute atomic E-state index is 12.0. The number of Topliss-reactive ketones (excluding diaryl/α,β-unsaturated/α-hetero) is 1. The summed E-state index contributed by atoms with van der Waals surface area (Å²) in [6.45, 7) is 6.68. The zero-order valence-electron chi connectivity index (χ0n) is 12.0. The molecule has 1 aromatic rings. The summed E-state index contributed by atoms with van der Waals surface area (Å²) in [7, 11) is 0. The van der Waals surface area contributed by atoms with Crippen molar-refractivity contribution in [2.45, 2.75) is 19.9 Å². The zero-order valence-corrected chi connectivity index (χ0v) is 12.0. The van der Waals surface area contributed by atoms with Crippen molar-refractivity contribution >= 4 is 17.4 Å². The molecular weight excluding hydrogens is 254 g/mol. The van der Waals surface area contributed by atoms with E-state index in [0.29, 0.717) is 23.8 Å². The predicted molar refractivity (Wildman–Crippen MR) is 79.0 cm³/mol. The second-order valence-electron chi connectivity index (χ2n) is 5.28. The number of amides is 1. The molecule has 0 bridgehead atoms. The molecule has 2 N–H and O–H groups in total. The molecule has 0 aliphatic carbocycles. The minimum atomic E-state index is -0.0418. The molecule has 2 rings (SSSR count). The molecule has 1 aliphatic heterocycles. The molecule has 108 valence electrons. The molecule has 0 radical (unpaired) electrons. The lowest BCUT2D eigenvalue weighted by atomic mass is 10.1. The van der Waals surface area contributed by atoms with Crippen LogP contribution in [0.5, 0.6) is 0 Å². The molecular formula is C15H21N3O2. The van der Waals surface area contributed by atoms with Gasteiger partial charge in [-0.3, -0.25) is 14.5 Å². The third kappa shape index (κ3) is 4.15. The summed E-state index contributed by atoms with van der Waals surface area (Å²) in [6, 6.07) is 7.44. The van der Waals surface area contributed by atoms with Crippen LogP contribution in [0.4, 0.5) is 5.69 Å². The Morgan fingerprint density at radius 3 is 2.95 bits per heavy atom. The van der Waals surface area contributed by atoms with Crippen LogP contribution in [0.3, 0.4) is 0 Å². The molecule has 5 heteroatoms. The minimum absolute atomic E-state index is 0.00275. The van der Waals surface area contributed by atoms with Gasteiger partial charge in [0.25, 0.3) is 0 Å². The predicted octanol–water partition coefficient (Wildman–Crippen LogP) is 1.12. The first-order valence-corrected chi connectivity index (χ1v) is 6.91. The molecule has 0 aromatic heterocycles. The Hall–Kier alpha value is -1.72. The van der Waals surface area contributed by atoms with Gasteiger partial charge in [-0.25, -0.2) is 0 Å². The molecule has 1 amide bonds. The summed E-state index contributed by atoms with van der Waals surface area (Å²) in [5, 5.41) is 6.19. The van der Waals surface area contributed by atoms with Gasteiger partial charge >= 0.3 is 0 Å². The van der Waals surface area contributed by atoms with Gasteiger partial charge in [-0.1, -0.05) is 12.1 Å². The third-order valence-electron chi connectivity index (χ3n) is 3.37. The van der Waals surface area contributed by atoms with E-state index >= 15 is 0 Å². The first-order valence-electron chi connectivity index (χ1n) is 6.91. The Labute approximate surface area is 119 Å². The molecule has 0 saturated carbocycles. The summed E-state index contributed by atoms with van der Waals surface area (Å²) in [5.41, 5.74) is 1.28. The van der Waals surface area contributed by atoms with Crippen LogP contribution < -0.4 is 10.6 Å². The van der Waals surface area contributed by atoms with Crippen molar-refractivity contribution < 1.29 is 9.59 Å². The Kier molecular flexibility index (Phi) is 4.87. The monoisotopic (exact) mass is 275 g/mol. The van der Waals surface area contributed by atoms with Gasteiger partial charge < -0.3 is 10.6 Å². The largest absolute Gasteiger partial charge is 0.325 e. The summed E-state index contributed by atoms with van der Waals surface area (Å²) >= 11 is 0. The highest BCUT2D eigenvalue weighted by Gasteiger charge is 2.17. The first-order chi connectivity index (χ1) is 9.54. The van der Waals surface area contributed by atoms with Crippen molar-refractivity contribution in [2.24, 2.45) is 0 Å². The molecule has 1 fully saturated rings. The number of ketones is 1. The van der Waals surface area contributed by atoms with Crippen molar-refractivity contribution in [2.75, 3.05) is 31.5 Å². The van der Waals surface area contributed by atoms with Crippen LogP contribution >= 0.6 is 0 Å². The number of hydrogen-bond acceptors (Lipinski definition) is 4. The number of piperazine rings is 1. The molecule has 1 heterocycles. The maximum atomic E-state index is 12.0. The highest BCUT2D eigenvalue weighted by atomic mass is 16.2. The van der Waals surface area contributed by atoms with E-state index in [1.807, 2.05) is 0 Å². The summed E-state index contributed by atoms with van der Waals surface area (Å²) in [4.78, 5) is 25.4. The van der Waals surface area contributed by atoms with E-state index in [0.717, 1.165) is 19.6 Å². The second-order valence-corrected chi connectivity index (χ2v) is 5.28. The van der Waals surface area contributed by atoms with Gasteiger partial charge in [0.1, 0.15) is 0 Å². The lowest BCUT2D eigenvalue weighted by molar-refractivity contribution is -0.117. The van der Waals surface area contributed by atoms with Crippen molar-refractivity contribution in [3.05, 3.63) is 29.8 Å². The van der Waals surface area contributed by atoms with Crippen LogP contribution in [-0.2, 0) is 4.79 Å².